The van der Waals surface area contributed by atoms with Crippen molar-refractivity contribution < 1.29 is 17.9 Å². The van der Waals surface area contributed by atoms with Gasteiger partial charge in [-0.3, -0.25) is 4.79 Å². The van der Waals surface area contributed by atoms with Crippen molar-refractivity contribution in [1.82, 2.24) is 9.73 Å². The molecule has 0 spiro atoms. The predicted octanol–water partition coefficient (Wildman–Crippen LogP) is 2.78. The summed E-state index contributed by atoms with van der Waals surface area (Å²) in [6.45, 7) is 7.57. The van der Waals surface area contributed by atoms with E-state index in [0.717, 1.165) is 21.2 Å². The van der Waals surface area contributed by atoms with Crippen LogP contribution >= 0.6 is 0 Å². The molecule has 0 saturated carbocycles. The lowest BCUT2D eigenvalue weighted by molar-refractivity contribution is -0.121. The highest BCUT2D eigenvalue weighted by Crippen LogP contribution is 2.24. The minimum atomic E-state index is -3.79. The van der Waals surface area contributed by atoms with Gasteiger partial charge in [-0.2, -0.15) is 9.41 Å². The molecule has 2 aromatic carbocycles. The maximum atomic E-state index is 12.9. The maximum Gasteiger partial charge on any atom is 0.255 e. The van der Waals surface area contributed by atoms with Gasteiger partial charge in [0, 0.05) is 7.05 Å². The van der Waals surface area contributed by atoms with Crippen molar-refractivity contribution in [3.63, 3.8) is 0 Å². The molecule has 0 aromatic heterocycles. The molecule has 0 atom stereocenters. The van der Waals surface area contributed by atoms with Crippen LogP contribution in [0.25, 0.3) is 0 Å². The number of aryl methyl sites for hydroxylation is 3. The molecule has 156 valence electrons. The van der Waals surface area contributed by atoms with Crippen LogP contribution in [-0.4, -0.2) is 45.0 Å². The van der Waals surface area contributed by atoms with Crippen molar-refractivity contribution in [3.8, 4) is 5.75 Å². The smallest absolute Gasteiger partial charge is 0.255 e. The van der Waals surface area contributed by atoms with Gasteiger partial charge in [-0.05, 0) is 68.7 Å². The van der Waals surface area contributed by atoms with Gasteiger partial charge in [0.1, 0.15) is 5.75 Å². The van der Waals surface area contributed by atoms with Crippen molar-refractivity contribution in [2.45, 2.75) is 32.6 Å². The summed E-state index contributed by atoms with van der Waals surface area (Å²) in [5, 5.41) is 3.88. The topological polar surface area (TPSA) is 88.1 Å². The van der Waals surface area contributed by atoms with E-state index < -0.39 is 15.9 Å². The fourth-order valence-electron chi connectivity index (χ4n) is 3.05. The van der Waals surface area contributed by atoms with E-state index in [1.165, 1.54) is 13.3 Å². The van der Waals surface area contributed by atoms with Gasteiger partial charge in [-0.15, -0.1) is 0 Å². The van der Waals surface area contributed by atoms with E-state index in [2.05, 4.69) is 10.5 Å². The molecule has 2 aromatic rings. The molecule has 0 aliphatic carbocycles. The zero-order valence-electron chi connectivity index (χ0n) is 17.4. The summed E-state index contributed by atoms with van der Waals surface area (Å²) < 4.78 is 32.2. The van der Waals surface area contributed by atoms with Crippen molar-refractivity contribution in [2.24, 2.45) is 5.10 Å². The van der Waals surface area contributed by atoms with Gasteiger partial charge >= 0.3 is 0 Å². The lowest BCUT2D eigenvalue weighted by Gasteiger charge is -2.19. The van der Waals surface area contributed by atoms with Crippen LogP contribution in [0.2, 0.25) is 0 Å². The Labute approximate surface area is 172 Å². The second kappa shape index (κ2) is 9.67. The second-order valence-electron chi connectivity index (χ2n) is 6.78. The van der Waals surface area contributed by atoms with Gasteiger partial charge in [0.05, 0.1) is 24.3 Å². The summed E-state index contributed by atoms with van der Waals surface area (Å²) in [6, 6.07) is 10.8. The Morgan fingerprint density at radius 3 is 2.28 bits per heavy atom. The molecule has 0 unspecified atom stereocenters. The highest BCUT2D eigenvalue weighted by atomic mass is 32.2. The predicted molar refractivity (Wildman–Crippen MR) is 114 cm³/mol. The highest BCUT2D eigenvalue weighted by molar-refractivity contribution is 7.89. The zero-order valence-corrected chi connectivity index (χ0v) is 18.2. The quantitative estimate of drug-likeness (QED) is 0.528. The first kappa shape index (κ1) is 22.6. The fraction of sp³-hybridized carbons (Fsp3) is 0.333. The second-order valence-corrected chi connectivity index (χ2v) is 8.77. The van der Waals surface area contributed by atoms with Crippen LogP contribution < -0.4 is 10.2 Å². The Hall–Kier alpha value is -2.71. The number of hydrazone groups is 1. The number of carbonyl (C=O) groups is 1. The number of likely N-dealkylation sites (N-methyl/N-ethyl adjacent to an activating group) is 1. The van der Waals surface area contributed by atoms with E-state index in [0.29, 0.717) is 17.7 Å². The van der Waals surface area contributed by atoms with Crippen molar-refractivity contribution in [1.29, 1.82) is 0 Å². The molecule has 29 heavy (non-hydrogen) atoms. The van der Waals surface area contributed by atoms with Crippen molar-refractivity contribution in [3.05, 3.63) is 58.7 Å². The molecule has 1 amide bonds. The molecule has 0 bridgehead atoms. The first-order chi connectivity index (χ1) is 13.6. The normalized spacial score (nSPS) is 11.8. The van der Waals surface area contributed by atoms with Crippen LogP contribution in [0.1, 0.15) is 29.2 Å². The first-order valence-electron chi connectivity index (χ1n) is 9.24. The molecular formula is C21H27N3O4S. The molecule has 1 N–H and O–H groups in total. The van der Waals surface area contributed by atoms with E-state index in [1.807, 2.05) is 26.0 Å². The van der Waals surface area contributed by atoms with Crippen LogP contribution in [0.5, 0.6) is 5.75 Å². The standard InChI is InChI=1S/C21H27N3O4S/c1-6-28-19-9-7-18(8-10-19)13-22-23-20(25)14-24(5)29(26,27)21-16(3)11-15(2)12-17(21)4/h7-13H,6,14H2,1-5H3,(H,23,25)/b22-13-. The third-order valence-corrected chi connectivity index (χ3v) is 6.34. The molecule has 7 nitrogen and oxygen atoms in total. The zero-order chi connectivity index (χ0) is 21.6. The summed E-state index contributed by atoms with van der Waals surface area (Å²) in [5.74, 6) is 0.225. The third kappa shape index (κ3) is 5.88. The van der Waals surface area contributed by atoms with E-state index in [-0.39, 0.29) is 11.4 Å². The highest BCUT2D eigenvalue weighted by Gasteiger charge is 2.26. The van der Waals surface area contributed by atoms with E-state index in [4.69, 9.17) is 4.74 Å². The number of sulfonamides is 1. The molecule has 0 heterocycles. The number of amides is 1. The minimum absolute atomic E-state index is 0.233. The molecule has 0 radical (unpaired) electrons. The summed E-state index contributed by atoms with van der Waals surface area (Å²) in [7, 11) is -2.41. The fourth-order valence-corrected chi connectivity index (χ4v) is 4.58. The largest absolute Gasteiger partial charge is 0.494 e. The van der Waals surface area contributed by atoms with Gasteiger partial charge in [-0.1, -0.05) is 17.7 Å². The van der Waals surface area contributed by atoms with Crippen LogP contribution in [0, 0.1) is 20.8 Å². The van der Waals surface area contributed by atoms with Crippen LogP contribution in [0.3, 0.4) is 0 Å². The molecule has 0 aliphatic rings. The number of carbonyl (C=O) groups excluding carboxylic acids is 1. The van der Waals surface area contributed by atoms with Crippen LogP contribution in [0.4, 0.5) is 0 Å². The summed E-state index contributed by atoms with van der Waals surface area (Å²) in [6.07, 6.45) is 1.48. The Kier molecular flexibility index (Phi) is 7.53. The lowest BCUT2D eigenvalue weighted by Crippen LogP contribution is -2.37. The van der Waals surface area contributed by atoms with E-state index >= 15 is 0 Å². The average Bonchev–Trinajstić information content (AvgIpc) is 2.62. The number of ether oxygens (including phenoxy) is 1. The van der Waals surface area contributed by atoms with Gasteiger partial charge in [0.2, 0.25) is 10.0 Å². The SMILES string of the molecule is CCOc1ccc(/C=N\NC(=O)CN(C)S(=O)(=O)c2c(C)cc(C)cc2C)cc1. The van der Waals surface area contributed by atoms with Gasteiger partial charge in [0.15, 0.2) is 0 Å². The minimum Gasteiger partial charge on any atom is -0.494 e. The summed E-state index contributed by atoms with van der Waals surface area (Å²) in [4.78, 5) is 12.4. The van der Waals surface area contributed by atoms with E-state index in [1.54, 1.807) is 38.1 Å². The summed E-state index contributed by atoms with van der Waals surface area (Å²) >= 11 is 0. The average molecular weight is 418 g/mol. The number of rotatable bonds is 8. The Balaban J connectivity index is 2.01. The molecular weight excluding hydrogens is 390 g/mol. The Morgan fingerprint density at radius 2 is 1.72 bits per heavy atom. The Bertz CT molecular complexity index is 976. The van der Waals surface area contributed by atoms with Crippen LogP contribution in [0.15, 0.2) is 46.4 Å². The number of hydrogen-bond donors (Lipinski definition) is 1. The molecule has 2 rings (SSSR count). The number of nitrogens with zero attached hydrogens (tertiary/aromatic N) is 2. The van der Waals surface area contributed by atoms with Crippen molar-refractivity contribution in [2.75, 3.05) is 20.2 Å². The molecule has 0 aliphatic heterocycles. The van der Waals surface area contributed by atoms with Gasteiger partial charge in [-0.25, -0.2) is 13.8 Å². The van der Waals surface area contributed by atoms with Crippen LogP contribution in [-0.2, 0) is 14.8 Å². The maximum absolute atomic E-state index is 12.9. The number of nitrogens with one attached hydrogen (secondary N) is 1. The number of hydrogen-bond acceptors (Lipinski definition) is 5. The third-order valence-electron chi connectivity index (χ3n) is 4.23. The Morgan fingerprint density at radius 1 is 1.14 bits per heavy atom. The van der Waals surface area contributed by atoms with Gasteiger partial charge in [0.25, 0.3) is 5.91 Å². The first-order valence-corrected chi connectivity index (χ1v) is 10.7. The van der Waals surface area contributed by atoms with E-state index in [9.17, 15) is 13.2 Å². The monoisotopic (exact) mass is 417 g/mol. The molecule has 0 fully saturated rings. The lowest BCUT2D eigenvalue weighted by atomic mass is 10.1. The van der Waals surface area contributed by atoms with Crippen molar-refractivity contribution >= 4 is 22.1 Å². The molecule has 8 heteroatoms. The van der Waals surface area contributed by atoms with Gasteiger partial charge < -0.3 is 4.74 Å². The summed E-state index contributed by atoms with van der Waals surface area (Å²) in [5.41, 5.74) is 5.44. The number of benzene rings is 2. The molecule has 0 saturated heterocycles.